The number of rotatable bonds is 1. The second kappa shape index (κ2) is 2.87. The molecule has 0 radical (unpaired) electrons. The largest absolute Gasteiger partial charge is 0.486 e. The van der Waals surface area contributed by atoms with Gasteiger partial charge in [-0.1, -0.05) is 11.3 Å². The number of hydrogen-bond donors (Lipinski definition) is 1. The van der Waals surface area contributed by atoms with Crippen molar-refractivity contribution in [2.45, 2.75) is 6.92 Å². The van der Waals surface area contributed by atoms with E-state index in [-0.39, 0.29) is 10.9 Å². The lowest BCUT2D eigenvalue weighted by Crippen LogP contribution is -2.02. The van der Waals surface area contributed by atoms with E-state index in [2.05, 4.69) is 9.72 Å². The van der Waals surface area contributed by atoms with Gasteiger partial charge in [-0.15, -0.1) is 0 Å². The fraction of sp³-hybridized carbons (Fsp3) is 0.333. The van der Waals surface area contributed by atoms with Gasteiger partial charge in [0.15, 0.2) is 5.69 Å². The fourth-order valence-corrected chi connectivity index (χ4v) is 1.30. The summed E-state index contributed by atoms with van der Waals surface area (Å²) in [7, 11) is 1.28. The topological polar surface area (TPSA) is 59.4 Å². The quantitative estimate of drug-likeness (QED) is 0.642. The van der Waals surface area contributed by atoms with Crippen LogP contribution in [0.15, 0.2) is 0 Å². The Labute approximate surface area is 67.5 Å². The molecular formula is C6H7NO3S. The molecule has 0 bridgehead atoms. The van der Waals surface area contributed by atoms with Crippen molar-refractivity contribution in [1.29, 1.82) is 0 Å². The number of carbonyl (C=O) groups excluding carboxylic acids is 1. The number of aryl methyl sites for hydroxylation is 1. The second-order valence-electron chi connectivity index (χ2n) is 1.89. The van der Waals surface area contributed by atoms with Gasteiger partial charge in [0.2, 0.25) is 0 Å². The van der Waals surface area contributed by atoms with Gasteiger partial charge >= 0.3 is 5.97 Å². The molecule has 60 valence electrons. The minimum atomic E-state index is -0.515. The Kier molecular flexibility index (Phi) is 2.09. The van der Waals surface area contributed by atoms with E-state index < -0.39 is 5.97 Å². The highest BCUT2D eigenvalue weighted by Crippen LogP contribution is 2.22. The Hall–Kier alpha value is -1.10. The van der Waals surface area contributed by atoms with Crippen LogP contribution in [0.1, 0.15) is 15.4 Å². The number of nitrogens with zero attached hydrogens (tertiary/aromatic N) is 1. The number of carbonyl (C=O) groups is 1. The molecule has 0 atom stereocenters. The molecule has 5 heteroatoms. The normalized spacial score (nSPS) is 9.64. The first-order valence-electron chi connectivity index (χ1n) is 2.90. The molecule has 1 heterocycles. The van der Waals surface area contributed by atoms with Gasteiger partial charge in [-0.05, 0) is 6.92 Å². The number of hydrogen-bond acceptors (Lipinski definition) is 5. The summed E-state index contributed by atoms with van der Waals surface area (Å²) in [5.74, 6) is -0.515. The van der Waals surface area contributed by atoms with Crippen molar-refractivity contribution in [2.24, 2.45) is 0 Å². The molecule has 0 aliphatic heterocycles. The van der Waals surface area contributed by atoms with Crippen molar-refractivity contribution in [3.05, 3.63) is 10.6 Å². The molecule has 4 nitrogen and oxygen atoms in total. The van der Waals surface area contributed by atoms with E-state index in [9.17, 15) is 4.79 Å². The Morgan fingerprint density at radius 3 is 2.73 bits per heavy atom. The molecule has 0 amide bonds. The number of methoxy groups -OCH3 is 1. The average molecular weight is 173 g/mol. The third kappa shape index (κ3) is 1.48. The van der Waals surface area contributed by atoms with E-state index in [1.165, 1.54) is 7.11 Å². The van der Waals surface area contributed by atoms with Gasteiger partial charge in [0, 0.05) is 4.88 Å². The third-order valence-electron chi connectivity index (χ3n) is 1.16. The molecule has 11 heavy (non-hydrogen) atoms. The first-order valence-corrected chi connectivity index (χ1v) is 3.71. The molecule has 0 spiro atoms. The lowest BCUT2D eigenvalue weighted by Gasteiger charge is -1.92. The molecular weight excluding hydrogens is 166 g/mol. The first-order chi connectivity index (χ1) is 5.15. The molecule has 0 saturated carbocycles. The van der Waals surface area contributed by atoms with Gasteiger partial charge in [0.25, 0.3) is 5.19 Å². The zero-order chi connectivity index (χ0) is 8.43. The summed E-state index contributed by atoms with van der Waals surface area (Å²) in [5.41, 5.74) is 0.190. The van der Waals surface area contributed by atoms with Crippen LogP contribution in [-0.2, 0) is 4.74 Å². The van der Waals surface area contributed by atoms with Crippen molar-refractivity contribution in [1.82, 2.24) is 4.98 Å². The summed E-state index contributed by atoms with van der Waals surface area (Å²) in [6.07, 6.45) is 0. The van der Waals surface area contributed by atoms with Crippen LogP contribution in [0.25, 0.3) is 0 Å². The minimum absolute atomic E-state index is 0.108. The standard InChI is InChI=1S/C6H7NO3S/c1-3-4(5(8)10-2)7-6(9)11-3/h1-2H3,(H,7,9). The number of esters is 1. The molecule has 0 unspecified atom stereocenters. The second-order valence-corrected chi connectivity index (χ2v) is 3.07. The molecule has 0 aliphatic carbocycles. The Morgan fingerprint density at radius 2 is 2.36 bits per heavy atom. The van der Waals surface area contributed by atoms with Crippen LogP contribution in [0.4, 0.5) is 0 Å². The summed E-state index contributed by atoms with van der Waals surface area (Å²) >= 11 is 1.06. The molecule has 0 aromatic carbocycles. The zero-order valence-electron chi connectivity index (χ0n) is 6.12. The van der Waals surface area contributed by atoms with E-state index in [1.54, 1.807) is 6.92 Å². The highest BCUT2D eigenvalue weighted by molar-refractivity contribution is 7.13. The van der Waals surface area contributed by atoms with Gasteiger partial charge in [-0.25, -0.2) is 4.79 Å². The summed E-state index contributed by atoms with van der Waals surface area (Å²) in [4.78, 5) is 15.1. The van der Waals surface area contributed by atoms with Crippen LogP contribution >= 0.6 is 11.3 Å². The van der Waals surface area contributed by atoms with Crippen LogP contribution in [0.5, 0.6) is 5.19 Å². The monoisotopic (exact) mass is 173 g/mol. The Balaban J connectivity index is 3.03. The van der Waals surface area contributed by atoms with Crippen LogP contribution < -0.4 is 0 Å². The van der Waals surface area contributed by atoms with E-state index >= 15 is 0 Å². The Bertz CT molecular complexity index is 281. The molecule has 1 aromatic heterocycles. The highest BCUT2D eigenvalue weighted by Gasteiger charge is 2.14. The van der Waals surface area contributed by atoms with Crippen LogP contribution in [0.3, 0.4) is 0 Å². The summed E-state index contributed by atoms with van der Waals surface area (Å²) < 4.78 is 4.42. The maximum absolute atomic E-state index is 10.9. The van der Waals surface area contributed by atoms with Gasteiger partial charge in [-0.3, -0.25) is 0 Å². The van der Waals surface area contributed by atoms with Crippen LogP contribution in [-0.4, -0.2) is 23.2 Å². The van der Waals surface area contributed by atoms with Crippen molar-refractivity contribution in [2.75, 3.05) is 7.11 Å². The van der Waals surface area contributed by atoms with E-state index in [0.717, 1.165) is 11.3 Å². The lowest BCUT2D eigenvalue weighted by molar-refractivity contribution is 0.0593. The van der Waals surface area contributed by atoms with E-state index in [4.69, 9.17) is 5.11 Å². The number of thiazole rings is 1. The van der Waals surface area contributed by atoms with E-state index in [1.807, 2.05) is 0 Å². The molecule has 0 aliphatic rings. The summed E-state index contributed by atoms with van der Waals surface area (Å²) in [6, 6.07) is 0. The van der Waals surface area contributed by atoms with Gasteiger partial charge < -0.3 is 9.84 Å². The Morgan fingerprint density at radius 1 is 1.73 bits per heavy atom. The fourth-order valence-electron chi connectivity index (χ4n) is 0.669. The SMILES string of the molecule is COC(=O)c1nc(O)sc1C. The summed E-state index contributed by atoms with van der Waals surface area (Å²) in [5, 5.41) is 8.77. The predicted octanol–water partition coefficient (Wildman–Crippen LogP) is 0.944. The maximum Gasteiger partial charge on any atom is 0.357 e. The smallest absolute Gasteiger partial charge is 0.357 e. The van der Waals surface area contributed by atoms with Gasteiger partial charge in [0.1, 0.15) is 0 Å². The molecule has 1 aromatic rings. The molecule has 0 fully saturated rings. The van der Waals surface area contributed by atoms with Crippen LogP contribution in [0.2, 0.25) is 0 Å². The van der Waals surface area contributed by atoms with Crippen molar-refractivity contribution in [3.63, 3.8) is 0 Å². The maximum atomic E-state index is 10.9. The van der Waals surface area contributed by atoms with Gasteiger partial charge in [0.05, 0.1) is 7.11 Å². The lowest BCUT2D eigenvalue weighted by atomic mass is 10.4. The van der Waals surface area contributed by atoms with Crippen molar-refractivity contribution < 1.29 is 14.6 Å². The average Bonchev–Trinajstić information content (AvgIpc) is 2.28. The summed E-state index contributed by atoms with van der Waals surface area (Å²) in [6.45, 7) is 1.70. The van der Waals surface area contributed by atoms with Crippen molar-refractivity contribution >= 4 is 17.3 Å². The first kappa shape index (κ1) is 8.00. The number of ether oxygens (including phenoxy) is 1. The van der Waals surface area contributed by atoms with Crippen molar-refractivity contribution in [3.8, 4) is 5.19 Å². The highest BCUT2D eigenvalue weighted by atomic mass is 32.1. The van der Waals surface area contributed by atoms with Crippen LogP contribution in [0, 0.1) is 6.92 Å². The predicted molar refractivity (Wildman–Crippen MR) is 39.9 cm³/mol. The zero-order valence-corrected chi connectivity index (χ0v) is 6.94. The van der Waals surface area contributed by atoms with Gasteiger partial charge in [-0.2, -0.15) is 4.98 Å². The third-order valence-corrected chi connectivity index (χ3v) is 1.94. The molecule has 0 saturated heterocycles. The number of aromatic nitrogens is 1. The molecule has 1 rings (SSSR count). The minimum Gasteiger partial charge on any atom is -0.486 e. The van der Waals surface area contributed by atoms with E-state index in [0.29, 0.717) is 4.88 Å². The molecule has 1 N–H and O–H groups in total. The number of aromatic hydroxyl groups is 1.